The largest absolute Gasteiger partial charge is 0.483 e. The molecule has 1 unspecified atom stereocenters. The average Bonchev–Trinajstić information content (AvgIpc) is 3.31. The van der Waals surface area contributed by atoms with Crippen molar-refractivity contribution in [2.45, 2.75) is 44.7 Å². The Morgan fingerprint density at radius 3 is 2.86 bits per heavy atom. The molecule has 1 aliphatic carbocycles. The van der Waals surface area contributed by atoms with Crippen LogP contribution in [-0.2, 0) is 11.2 Å². The summed E-state index contributed by atoms with van der Waals surface area (Å²) in [5.41, 5.74) is 6.89. The fourth-order valence-corrected chi connectivity index (χ4v) is 2.43. The van der Waals surface area contributed by atoms with E-state index in [0.29, 0.717) is 23.2 Å². The van der Waals surface area contributed by atoms with Crippen LogP contribution in [0.25, 0.3) is 0 Å². The molecule has 1 amide bonds. The van der Waals surface area contributed by atoms with E-state index in [1.165, 1.54) is 0 Å². The molecular formula is C16H23ClN2O2. The van der Waals surface area contributed by atoms with Gasteiger partial charge in [-0.3, -0.25) is 4.79 Å². The molecule has 0 bridgehead atoms. The zero-order chi connectivity index (χ0) is 15.4. The molecule has 21 heavy (non-hydrogen) atoms. The minimum atomic E-state index is 0.00298. The van der Waals surface area contributed by atoms with Crippen molar-refractivity contribution in [2.24, 2.45) is 5.73 Å². The van der Waals surface area contributed by atoms with Crippen molar-refractivity contribution in [1.29, 1.82) is 0 Å². The number of amides is 1. The van der Waals surface area contributed by atoms with Crippen LogP contribution in [0.5, 0.6) is 5.75 Å². The molecule has 4 nitrogen and oxygen atoms in total. The molecule has 0 heterocycles. The second-order valence-electron chi connectivity index (χ2n) is 5.61. The molecule has 116 valence electrons. The van der Waals surface area contributed by atoms with Crippen molar-refractivity contribution in [3.63, 3.8) is 0 Å². The van der Waals surface area contributed by atoms with E-state index in [9.17, 15) is 4.79 Å². The molecule has 0 spiro atoms. The monoisotopic (exact) mass is 310 g/mol. The third kappa shape index (κ3) is 4.35. The number of ether oxygens (including phenoxy) is 1. The summed E-state index contributed by atoms with van der Waals surface area (Å²) in [6.07, 6.45) is 3.71. The van der Waals surface area contributed by atoms with E-state index in [0.717, 1.165) is 24.8 Å². The van der Waals surface area contributed by atoms with Gasteiger partial charge in [0.05, 0.1) is 0 Å². The standard InChI is InChI=1S/C16H23ClN2O2/c1-3-11(18)9-13-14(17)5-4-6-15(13)21-10-16(20)19(2)12-7-8-12/h4-6,11-12H,3,7-10,18H2,1-2H3. The number of benzene rings is 1. The van der Waals surface area contributed by atoms with Gasteiger partial charge in [0, 0.05) is 29.7 Å². The van der Waals surface area contributed by atoms with E-state index in [1.54, 1.807) is 4.90 Å². The lowest BCUT2D eigenvalue weighted by Gasteiger charge is -2.19. The molecule has 1 aromatic carbocycles. The summed E-state index contributed by atoms with van der Waals surface area (Å²) in [5, 5.41) is 0.638. The van der Waals surface area contributed by atoms with E-state index in [2.05, 4.69) is 0 Å². The quantitative estimate of drug-likeness (QED) is 0.842. The van der Waals surface area contributed by atoms with Crippen molar-refractivity contribution in [3.05, 3.63) is 28.8 Å². The van der Waals surface area contributed by atoms with Crippen molar-refractivity contribution >= 4 is 17.5 Å². The molecule has 2 N–H and O–H groups in total. The summed E-state index contributed by atoms with van der Waals surface area (Å²) < 4.78 is 5.69. The number of hydrogen-bond donors (Lipinski definition) is 1. The molecule has 0 radical (unpaired) electrons. The van der Waals surface area contributed by atoms with Crippen molar-refractivity contribution < 1.29 is 9.53 Å². The zero-order valence-corrected chi connectivity index (χ0v) is 13.4. The van der Waals surface area contributed by atoms with Gasteiger partial charge in [0.15, 0.2) is 6.61 Å². The molecule has 2 rings (SSSR count). The van der Waals surface area contributed by atoms with E-state index in [4.69, 9.17) is 22.1 Å². The molecule has 0 saturated heterocycles. The van der Waals surface area contributed by atoms with Crippen LogP contribution in [-0.4, -0.2) is 36.5 Å². The van der Waals surface area contributed by atoms with Crippen LogP contribution in [0.4, 0.5) is 0 Å². The minimum absolute atomic E-state index is 0.00298. The highest BCUT2D eigenvalue weighted by atomic mass is 35.5. The normalized spacial score (nSPS) is 15.6. The van der Waals surface area contributed by atoms with Gasteiger partial charge < -0.3 is 15.4 Å². The van der Waals surface area contributed by atoms with E-state index in [1.807, 2.05) is 32.2 Å². The number of carbonyl (C=O) groups excluding carboxylic acids is 1. The van der Waals surface area contributed by atoms with Crippen LogP contribution < -0.4 is 10.5 Å². The molecule has 5 heteroatoms. The second kappa shape index (κ2) is 7.14. The first-order valence-corrected chi connectivity index (χ1v) is 7.82. The highest BCUT2D eigenvalue weighted by molar-refractivity contribution is 6.31. The lowest BCUT2D eigenvalue weighted by atomic mass is 10.0. The number of likely N-dealkylation sites (N-methyl/N-ethyl adjacent to an activating group) is 1. The molecule has 1 atom stereocenters. The summed E-state index contributed by atoms with van der Waals surface area (Å²) in [6, 6.07) is 5.93. The topological polar surface area (TPSA) is 55.6 Å². The van der Waals surface area contributed by atoms with Crippen LogP contribution >= 0.6 is 11.6 Å². The predicted molar refractivity (Wildman–Crippen MR) is 84.7 cm³/mol. The van der Waals surface area contributed by atoms with E-state index < -0.39 is 0 Å². The number of nitrogens with two attached hydrogens (primary N) is 1. The van der Waals surface area contributed by atoms with Gasteiger partial charge in [0.2, 0.25) is 0 Å². The Balaban J connectivity index is 2.01. The predicted octanol–water partition coefficient (Wildman–Crippen LogP) is 2.62. The summed E-state index contributed by atoms with van der Waals surface area (Å²) in [5.74, 6) is 0.659. The first-order valence-electron chi connectivity index (χ1n) is 7.44. The molecule has 1 aromatic rings. The lowest BCUT2D eigenvalue weighted by Crippen LogP contribution is -2.33. The number of halogens is 1. The Labute approximate surface area is 131 Å². The van der Waals surface area contributed by atoms with Gasteiger partial charge in [-0.2, -0.15) is 0 Å². The second-order valence-corrected chi connectivity index (χ2v) is 6.02. The Bertz CT molecular complexity index is 503. The van der Waals surface area contributed by atoms with Crippen molar-refractivity contribution in [1.82, 2.24) is 4.90 Å². The third-order valence-corrected chi connectivity index (χ3v) is 4.26. The SMILES string of the molecule is CCC(N)Cc1c(Cl)cccc1OCC(=O)N(C)C1CC1. The Hall–Kier alpha value is -1.26. The fraction of sp³-hybridized carbons (Fsp3) is 0.562. The maximum absolute atomic E-state index is 12.0. The van der Waals surface area contributed by atoms with Gasteiger partial charge in [-0.05, 0) is 37.8 Å². The molecule has 1 saturated carbocycles. The maximum Gasteiger partial charge on any atom is 0.260 e. The Morgan fingerprint density at radius 1 is 1.52 bits per heavy atom. The van der Waals surface area contributed by atoms with Crippen LogP contribution in [0.1, 0.15) is 31.7 Å². The number of rotatable bonds is 7. The van der Waals surface area contributed by atoms with Gasteiger partial charge in [0.25, 0.3) is 5.91 Å². The molecule has 1 aliphatic rings. The smallest absolute Gasteiger partial charge is 0.260 e. The number of nitrogens with zero attached hydrogens (tertiary/aromatic N) is 1. The average molecular weight is 311 g/mol. The fourth-order valence-electron chi connectivity index (χ4n) is 2.19. The number of carbonyl (C=O) groups is 1. The van der Waals surface area contributed by atoms with Crippen LogP contribution in [0, 0.1) is 0 Å². The third-order valence-electron chi connectivity index (χ3n) is 3.91. The van der Waals surface area contributed by atoms with Crippen LogP contribution in [0.2, 0.25) is 5.02 Å². The highest BCUT2D eigenvalue weighted by Gasteiger charge is 2.29. The van der Waals surface area contributed by atoms with Crippen molar-refractivity contribution in [3.8, 4) is 5.75 Å². The summed E-state index contributed by atoms with van der Waals surface area (Å²) in [4.78, 5) is 13.8. The van der Waals surface area contributed by atoms with Crippen LogP contribution in [0.15, 0.2) is 18.2 Å². The van der Waals surface area contributed by atoms with Crippen LogP contribution in [0.3, 0.4) is 0 Å². The van der Waals surface area contributed by atoms with E-state index in [-0.39, 0.29) is 18.6 Å². The molecule has 0 aliphatic heterocycles. The summed E-state index contributed by atoms with van der Waals surface area (Å²) in [6.45, 7) is 2.08. The minimum Gasteiger partial charge on any atom is -0.483 e. The molecule has 1 fully saturated rings. The first kappa shape index (κ1) is 16.1. The van der Waals surface area contributed by atoms with Gasteiger partial charge in [-0.1, -0.05) is 24.6 Å². The van der Waals surface area contributed by atoms with Gasteiger partial charge in [-0.15, -0.1) is 0 Å². The highest BCUT2D eigenvalue weighted by Crippen LogP contribution is 2.29. The Kier molecular flexibility index (Phi) is 5.48. The first-order chi connectivity index (χ1) is 10.0. The molecular weight excluding hydrogens is 288 g/mol. The van der Waals surface area contributed by atoms with Gasteiger partial charge in [-0.25, -0.2) is 0 Å². The summed E-state index contributed by atoms with van der Waals surface area (Å²) >= 11 is 6.24. The Morgan fingerprint density at radius 2 is 2.24 bits per heavy atom. The zero-order valence-electron chi connectivity index (χ0n) is 12.6. The lowest BCUT2D eigenvalue weighted by molar-refractivity contribution is -0.132. The van der Waals surface area contributed by atoms with Gasteiger partial charge >= 0.3 is 0 Å². The maximum atomic E-state index is 12.0. The summed E-state index contributed by atoms with van der Waals surface area (Å²) in [7, 11) is 1.83. The van der Waals surface area contributed by atoms with Crippen molar-refractivity contribution in [2.75, 3.05) is 13.7 Å². The van der Waals surface area contributed by atoms with Gasteiger partial charge in [0.1, 0.15) is 5.75 Å². The number of hydrogen-bond acceptors (Lipinski definition) is 3. The van der Waals surface area contributed by atoms with E-state index >= 15 is 0 Å². The molecule has 0 aromatic heterocycles.